The molecule has 1 aliphatic rings. The largest absolute Gasteiger partial charge is 0.493 e. The van der Waals surface area contributed by atoms with Crippen LogP contribution >= 0.6 is 0 Å². The van der Waals surface area contributed by atoms with Crippen molar-refractivity contribution in [3.05, 3.63) is 86.5 Å². The number of benzene rings is 2. The van der Waals surface area contributed by atoms with Crippen LogP contribution in [-0.4, -0.2) is 4.70 Å². The van der Waals surface area contributed by atoms with Gasteiger partial charge in [0.25, 0.3) is 0 Å². The standard InChI is InChI=1S/C57H94N2/c1-7-13-19-20-21-22-23-24-25-26-27-28-29-30-31-32-33-34-35-41-55-54(40-18-12-6)56(52-44-48(36-14-8-2)42-49(45-52)37-15-9-3)59(58)57(55)53-46-50(38-16-10-4)43-51(47-53)39-17-11-5/h42-47H,7-41H2,1-6H3. The normalized spacial score (nSPS) is 13.2. The lowest BCUT2D eigenvalue weighted by molar-refractivity contribution is -0.345. The van der Waals surface area contributed by atoms with E-state index in [1.807, 2.05) is 0 Å². The van der Waals surface area contributed by atoms with Gasteiger partial charge < -0.3 is 5.53 Å². The van der Waals surface area contributed by atoms with E-state index in [0.717, 1.165) is 62.8 Å². The van der Waals surface area contributed by atoms with Gasteiger partial charge in [-0.15, -0.1) is 0 Å². The van der Waals surface area contributed by atoms with Crippen molar-refractivity contribution in [3.63, 3.8) is 0 Å². The van der Waals surface area contributed by atoms with E-state index in [-0.39, 0.29) is 0 Å². The van der Waals surface area contributed by atoms with Crippen molar-refractivity contribution >= 4 is 11.4 Å². The van der Waals surface area contributed by atoms with E-state index in [2.05, 4.69) is 77.9 Å². The van der Waals surface area contributed by atoms with Crippen LogP contribution in [0.3, 0.4) is 0 Å². The molecule has 1 heterocycles. The summed E-state index contributed by atoms with van der Waals surface area (Å²) in [4.78, 5) is 0. The molecule has 0 radical (unpaired) electrons. The van der Waals surface area contributed by atoms with Crippen molar-refractivity contribution in [2.45, 2.75) is 266 Å². The molecular formula is C57H94N2. The summed E-state index contributed by atoms with van der Waals surface area (Å²) in [6, 6.07) is 14.7. The summed E-state index contributed by atoms with van der Waals surface area (Å²) < 4.78 is 1.68. The highest BCUT2D eigenvalue weighted by Gasteiger charge is 2.35. The average Bonchev–Trinajstić information content (AvgIpc) is 3.53. The molecule has 0 amide bonds. The fourth-order valence-electron chi connectivity index (χ4n) is 9.42. The summed E-state index contributed by atoms with van der Waals surface area (Å²) in [6.45, 7) is 13.8. The Morgan fingerprint density at radius 1 is 0.288 bits per heavy atom. The molecule has 0 fully saturated rings. The number of allylic oxidation sites excluding steroid dienone is 2. The molecular weight excluding hydrogens is 713 g/mol. The van der Waals surface area contributed by atoms with E-state index in [1.54, 1.807) is 4.70 Å². The second-order valence-electron chi connectivity index (χ2n) is 18.7. The molecule has 0 spiro atoms. The van der Waals surface area contributed by atoms with Crippen molar-refractivity contribution in [3.8, 4) is 0 Å². The Bertz CT molecular complexity index is 1440. The number of hydrogen-bond donors (Lipinski definition) is 0. The first-order valence-electron chi connectivity index (χ1n) is 26.2. The van der Waals surface area contributed by atoms with Crippen LogP contribution < -0.4 is 0 Å². The Kier molecular flexibility index (Phi) is 27.8. The van der Waals surface area contributed by atoms with Gasteiger partial charge in [0.15, 0.2) is 0 Å². The van der Waals surface area contributed by atoms with E-state index in [0.29, 0.717) is 0 Å². The van der Waals surface area contributed by atoms with Crippen LogP contribution in [0.1, 0.15) is 274 Å². The third-order valence-corrected chi connectivity index (χ3v) is 13.1. The lowest BCUT2D eigenvalue weighted by atomic mass is 9.89. The molecule has 0 N–H and O–H groups in total. The van der Waals surface area contributed by atoms with Crippen LogP contribution in [0, 0.1) is 0 Å². The van der Waals surface area contributed by atoms with Gasteiger partial charge in [0.05, 0.1) is 0 Å². The molecule has 332 valence electrons. The highest BCUT2D eigenvalue weighted by molar-refractivity contribution is 5.82. The van der Waals surface area contributed by atoms with E-state index in [1.165, 1.54) is 218 Å². The van der Waals surface area contributed by atoms with Crippen molar-refractivity contribution in [1.29, 1.82) is 0 Å². The molecule has 0 saturated carbocycles. The molecule has 0 aromatic heterocycles. The van der Waals surface area contributed by atoms with Crippen molar-refractivity contribution < 1.29 is 4.70 Å². The quantitative estimate of drug-likeness (QED) is 0.0480. The Morgan fingerprint density at radius 3 is 0.814 bits per heavy atom. The van der Waals surface area contributed by atoms with Gasteiger partial charge in [-0.3, -0.25) is 0 Å². The highest BCUT2D eigenvalue weighted by Crippen LogP contribution is 2.45. The number of nitrogens with zero attached hydrogens (tertiary/aromatic N) is 2. The van der Waals surface area contributed by atoms with Gasteiger partial charge >= 0.3 is 0 Å². The Labute approximate surface area is 367 Å². The van der Waals surface area contributed by atoms with E-state index in [4.69, 9.17) is 0 Å². The molecule has 2 aromatic carbocycles. The minimum atomic E-state index is 1.03. The van der Waals surface area contributed by atoms with Gasteiger partial charge in [-0.25, -0.2) is 4.70 Å². The minimum absolute atomic E-state index is 1.03. The van der Waals surface area contributed by atoms with Crippen LogP contribution in [0.15, 0.2) is 47.5 Å². The summed E-state index contributed by atoms with van der Waals surface area (Å²) in [6.07, 6.45) is 45.2. The number of unbranched alkanes of at least 4 members (excludes halogenated alkanes) is 23. The van der Waals surface area contributed by atoms with Crippen molar-refractivity contribution in [2.75, 3.05) is 0 Å². The summed E-state index contributed by atoms with van der Waals surface area (Å²) in [5, 5.41) is 0. The van der Waals surface area contributed by atoms with Crippen LogP contribution in [0.5, 0.6) is 0 Å². The maximum absolute atomic E-state index is 12.6. The third-order valence-electron chi connectivity index (χ3n) is 13.1. The average molecular weight is 807 g/mol. The fraction of sp³-hybridized carbons (Fsp3) is 0.719. The molecule has 2 heteroatoms. The molecule has 1 aliphatic heterocycles. The van der Waals surface area contributed by atoms with Gasteiger partial charge in [0.1, 0.15) is 0 Å². The van der Waals surface area contributed by atoms with Crippen LogP contribution in [0.4, 0.5) is 0 Å². The van der Waals surface area contributed by atoms with Gasteiger partial charge in [0, 0.05) is 22.3 Å². The summed E-state index contributed by atoms with van der Waals surface area (Å²) >= 11 is 0. The maximum atomic E-state index is 12.6. The predicted octanol–water partition coefficient (Wildman–Crippen LogP) is 19.2. The molecule has 0 unspecified atom stereocenters. The third kappa shape index (κ3) is 19.4. The molecule has 0 aliphatic carbocycles. The Morgan fingerprint density at radius 2 is 0.525 bits per heavy atom. The van der Waals surface area contributed by atoms with Crippen LogP contribution in [0.2, 0.25) is 0 Å². The fourth-order valence-corrected chi connectivity index (χ4v) is 9.42. The molecule has 59 heavy (non-hydrogen) atoms. The number of aryl methyl sites for hydroxylation is 4. The zero-order valence-corrected chi connectivity index (χ0v) is 40.1. The van der Waals surface area contributed by atoms with Crippen molar-refractivity contribution in [1.82, 2.24) is 0 Å². The topological polar surface area (TPSA) is 25.3 Å². The molecule has 2 nitrogen and oxygen atoms in total. The minimum Gasteiger partial charge on any atom is -0.493 e. The maximum Gasteiger partial charge on any atom is 0.211 e. The summed E-state index contributed by atoms with van der Waals surface area (Å²) in [7, 11) is 0. The predicted molar refractivity (Wildman–Crippen MR) is 262 cm³/mol. The molecule has 3 rings (SSSR count). The monoisotopic (exact) mass is 807 g/mol. The van der Waals surface area contributed by atoms with Crippen LogP contribution in [0.25, 0.3) is 16.9 Å². The lowest BCUT2D eigenvalue weighted by Crippen LogP contribution is -2.05. The van der Waals surface area contributed by atoms with Gasteiger partial charge in [-0.2, -0.15) is 0 Å². The molecule has 0 saturated heterocycles. The zero-order valence-electron chi connectivity index (χ0n) is 40.1. The Hall–Kier alpha value is -2.48. The summed E-state index contributed by atoms with van der Waals surface area (Å²) in [5.74, 6) is 0. The van der Waals surface area contributed by atoms with E-state index in [9.17, 15) is 5.53 Å². The smallest absolute Gasteiger partial charge is 0.211 e. The molecule has 2 aromatic rings. The van der Waals surface area contributed by atoms with Gasteiger partial charge in [-0.05, 0) is 124 Å². The first-order valence-corrected chi connectivity index (χ1v) is 26.2. The van der Waals surface area contributed by atoms with E-state index < -0.39 is 0 Å². The molecule has 0 atom stereocenters. The molecule has 0 bridgehead atoms. The van der Waals surface area contributed by atoms with Crippen molar-refractivity contribution in [2.24, 2.45) is 0 Å². The summed E-state index contributed by atoms with van der Waals surface area (Å²) in [5.41, 5.74) is 25.8. The zero-order chi connectivity index (χ0) is 42.3. The SMILES string of the molecule is CCCCCCCCCCCCCCCCCCCCCC1=C(c2cc(CCCC)cc(CCCC)c2)[N+](=[N-])C(c2cc(CCCC)cc(CCCC)c2)=C1CCCC. The second kappa shape index (κ2) is 32.3. The lowest BCUT2D eigenvalue weighted by Gasteiger charge is -2.14. The number of rotatable bonds is 37. The highest BCUT2D eigenvalue weighted by atomic mass is 15.2. The van der Waals surface area contributed by atoms with Gasteiger partial charge in [0.2, 0.25) is 11.4 Å². The van der Waals surface area contributed by atoms with Gasteiger partial charge in [-0.1, -0.05) is 201 Å². The number of hydrogen-bond acceptors (Lipinski definition) is 0. The Balaban J connectivity index is 1.74. The first kappa shape index (κ1) is 50.9. The first-order chi connectivity index (χ1) is 29.0. The van der Waals surface area contributed by atoms with E-state index >= 15 is 0 Å². The second-order valence-corrected chi connectivity index (χ2v) is 18.7. The van der Waals surface area contributed by atoms with Crippen LogP contribution in [-0.2, 0) is 25.7 Å².